The van der Waals surface area contributed by atoms with Crippen molar-refractivity contribution in [2.75, 3.05) is 0 Å². The topological polar surface area (TPSA) is 39.8 Å². The maximum Gasteiger partial charge on any atom is 0.250 e. The Morgan fingerprint density at radius 3 is 2.54 bits per heavy atom. The normalized spacial score (nSPS) is 11.0. The minimum absolute atomic E-state index is 0.0238. The Morgan fingerprint density at radius 1 is 0.958 bits per heavy atom. The van der Waals surface area contributed by atoms with Gasteiger partial charge in [0.15, 0.2) is 0 Å². The molecule has 118 valence electrons. The van der Waals surface area contributed by atoms with Crippen molar-refractivity contribution in [3.63, 3.8) is 0 Å². The van der Waals surface area contributed by atoms with Crippen LogP contribution in [0.3, 0.4) is 0 Å². The molecule has 0 radical (unpaired) electrons. The lowest BCUT2D eigenvalue weighted by Gasteiger charge is -2.07. The predicted molar refractivity (Wildman–Crippen MR) is 96.4 cm³/mol. The van der Waals surface area contributed by atoms with Crippen LogP contribution in [0.1, 0.15) is 6.92 Å². The molecule has 0 aliphatic carbocycles. The molecule has 0 aliphatic heterocycles. The fourth-order valence-electron chi connectivity index (χ4n) is 2.94. The summed E-state index contributed by atoms with van der Waals surface area (Å²) < 4.78 is 3.79. The van der Waals surface area contributed by atoms with Crippen LogP contribution in [0, 0.1) is 0 Å². The van der Waals surface area contributed by atoms with Crippen molar-refractivity contribution < 1.29 is 0 Å². The first-order valence-electron chi connectivity index (χ1n) is 7.99. The van der Waals surface area contributed by atoms with E-state index < -0.39 is 0 Å². The molecular weight excluding hydrogens is 298 g/mol. The van der Waals surface area contributed by atoms with Gasteiger partial charge in [0, 0.05) is 24.5 Å². The maximum atomic E-state index is 11.8. The van der Waals surface area contributed by atoms with Gasteiger partial charge in [-0.2, -0.15) is 0 Å². The predicted octanol–water partition coefficient (Wildman–Crippen LogP) is 3.87. The number of rotatable bonds is 3. The summed E-state index contributed by atoms with van der Waals surface area (Å²) in [6.07, 6.45) is 3.74. The van der Waals surface area contributed by atoms with Crippen LogP contribution in [-0.4, -0.2) is 14.1 Å². The van der Waals surface area contributed by atoms with Gasteiger partial charge in [-0.05, 0) is 48.4 Å². The number of aromatic nitrogens is 3. The SMILES string of the molecule is CCn1cc(-c2ccc3c(c2)ncn3-c2ccccc2)ccc1=O. The first-order valence-corrected chi connectivity index (χ1v) is 7.99. The Morgan fingerprint density at radius 2 is 1.75 bits per heavy atom. The van der Waals surface area contributed by atoms with E-state index in [1.54, 1.807) is 10.6 Å². The second kappa shape index (κ2) is 5.81. The van der Waals surface area contributed by atoms with Crippen LogP contribution in [0.2, 0.25) is 0 Å². The number of para-hydroxylation sites is 1. The van der Waals surface area contributed by atoms with Crippen LogP contribution in [-0.2, 0) is 6.54 Å². The fraction of sp³-hybridized carbons (Fsp3) is 0.100. The first-order chi connectivity index (χ1) is 11.8. The van der Waals surface area contributed by atoms with Crippen molar-refractivity contribution in [2.24, 2.45) is 0 Å². The van der Waals surface area contributed by atoms with Gasteiger partial charge in [0.1, 0.15) is 6.33 Å². The molecule has 2 aromatic carbocycles. The molecule has 4 nitrogen and oxygen atoms in total. The molecule has 4 aromatic rings. The summed E-state index contributed by atoms with van der Waals surface area (Å²) in [4.78, 5) is 16.3. The number of nitrogens with zero attached hydrogens (tertiary/aromatic N) is 3. The van der Waals surface area contributed by atoms with Crippen molar-refractivity contribution in [3.8, 4) is 16.8 Å². The minimum Gasteiger partial charge on any atom is -0.315 e. The molecule has 0 unspecified atom stereocenters. The van der Waals surface area contributed by atoms with Gasteiger partial charge < -0.3 is 4.57 Å². The average molecular weight is 315 g/mol. The number of fused-ring (bicyclic) bond motifs is 1. The highest BCUT2D eigenvalue weighted by molar-refractivity contribution is 5.83. The maximum absolute atomic E-state index is 11.8. The summed E-state index contributed by atoms with van der Waals surface area (Å²) in [6, 6.07) is 19.9. The fourth-order valence-corrected chi connectivity index (χ4v) is 2.94. The van der Waals surface area contributed by atoms with E-state index in [1.807, 2.05) is 43.7 Å². The van der Waals surface area contributed by atoms with Crippen molar-refractivity contribution >= 4 is 11.0 Å². The monoisotopic (exact) mass is 315 g/mol. The lowest BCUT2D eigenvalue weighted by atomic mass is 10.1. The largest absolute Gasteiger partial charge is 0.315 e. The molecule has 0 saturated carbocycles. The van der Waals surface area contributed by atoms with Crippen LogP contribution >= 0.6 is 0 Å². The van der Waals surface area contributed by atoms with Crippen molar-refractivity contribution in [1.29, 1.82) is 0 Å². The molecule has 0 amide bonds. The lowest BCUT2D eigenvalue weighted by molar-refractivity contribution is 0.728. The van der Waals surface area contributed by atoms with E-state index in [1.165, 1.54) is 0 Å². The Labute approximate surface area is 139 Å². The molecular formula is C20H17N3O. The second-order valence-corrected chi connectivity index (χ2v) is 5.70. The number of benzene rings is 2. The summed E-state index contributed by atoms with van der Waals surface area (Å²) in [5.74, 6) is 0. The van der Waals surface area contributed by atoms with Crippen LogP contribution in [0.4, 0.5) is 0 Å². The molecule has 4 rings (SSSR count). The molecule has 2 aromatic heterocycles. The van der Waals surface area contributed by atoms with Crippen LogP contribution in [0.15, 0.2) is 78.0 Å². The molecule has 4 heteroatoms. The Balaban J connectivity index is 1.82. The van der Waals surface area contributed by atoms with Crippen LogP contribution < -0.4 is 5.56 Å². The zero-order valence-corrected chi connectivity index (χ0v) is 13.4. The van der Waals surface area contributed by atoms with E-state index in [0.717, 1.165) is 27.8 Å². The highest BCUT2D eigenvalue weighted by atomic mass is 16.1. The van der Waals surface area contributed by atoms with E-state index in [-0.39, 0.29) is 5.56 Å². The van der Waals surface area contributed by atoms with Gasteiger partial charge in [0.25, 0.3) is 5.56 Å². The third kappa shape index (κ3) is 2.42. The van der Waals surface area contributed by atoms with Crippen LogP contribution in [0.5, 0.6) is 0 Å². The van der Waals surface area contributed by atoms with E-state index in [2.05, 4.69) is 39.9 Å². The van der Waals surface area contributed by atoms with Gasteiger partial charge in [0.05, 0.1) is 11.0 Å². The van der Waals surface area contributed by atoms with Crippen molar-refractivity contribution in [3.05, 3.63) is 83.5 Å². The van der Waals surface area contributed by atoms with E-state index in [9.17, 15) is 4.79 Å². The van der Waals surface area contributed by atoms with E-state index in [4.69, 9.17) is 0 Å². The summed E-state index contributed by atoms with van der Waals surface area (Å²) >= 11 is 0. The van der Waals surface area contributed by atoms with E-state index >= 15 is 0 Å². The molecule has 0 bridgehead atoms. The van der Waals surface area contributed by atoms with Crippen LogP contribution in [0.25, 0.3) is 27.8 Å². The average Bonchev–Trinajstić information content (AvgIpc) is 3.06. The van der Waals surface area contributed by atoms with Crippen molar-refractivity contribution in [2.45, 2.75) is 13.5 Å². The number of imidazole rings is 1. The third-order valence-electron chi connectivity index (χ3n) is 4.24. The summed E-state index contributed by atoms with van der Waals surface area (Å²) in [5, 5.41) is 0. The van der Waals surface area contributed by atoms with Gasteiger partial charge >= 0.3 is 0 Å². The summed E-state index contributed by atoms with van der Waals surface area (Å²) in [6.45, 7) is 2.63. The Hall–Kier alpha value is -3.14. The molecule has 0 fully saturated rings. The molecule has 0 spiro atoms. The molecule has 0 N–H and O–H groups in total. The minimum atomic E-state index is 0.0238. The number of hydrogen-bond donors (Lipinski definition) is 0. The number of hydrogen-bond acceptors (Lipinski definition) is 2. The van der Waals surface area contributed by atoms with Gasteiger partial charge in [-0.3, -0.25) is 9.36 Å². The second-order valence-electron chi connectivity index (χ2n) is 5.70. The zero-order valence-electron chi connectivity index (χ0n) is 13.4. The highest BCUT2D eigenvalue weighted by Crippen LogP contribution is 2.25. The van der Waals surface area contributed by atoms with Gasteiger partial charge in [0.2, 0.25) is 0 Å². The molecule has 0 saturated heterocycles. The molecule has 24 heavy (non-hydrogen) atoms. The molecule has 0 aliphatic rings. The molecule has 2 heterocycles. The first kappa shape index (κ1) is 14.5. The third-order valence-corrected chi connectivity index (χ3v) is 4.24. The smallest absolute Gasteiger partial charge is 0.250 e. The zero-order chi connectivity index (χ0) is 16.5. The molecule has 0 atom stereocenters. The summed E-state index contributed by atoms with van der Waals surface area (Å²) in [7, 11) is 0. The van der Waals surface area contributed by atoms with Gasteiger partial charge in [-0.25, -0.2) is 4.98 Å². The highest BCUT2D eigenvalue weighted by Gasteiger charge is 2.07. The van der Waals surface area contributed by atoms with E-state index in [0.29, 0.717) is 6.54 Å². The van der Waals surface area contributed by atoms with Crippen molar-refractivity contribution in [1.82, 2.24) is 14.1 Å². The summed E-state index contributed by atoms with van der Waals surface area (Å²) in [5.41, 5.74) is 5.19. The number of pyridine rings is 1. The van der Waals surface area contributed by atoms with Gasteiger partial charge in [-0.15, -0.1) is 0 Å². The quantitative estimate of drug-likeness (QED) is 0.576. The Kier molecular flexibility index (Phi) is 3.50. The Bertz CT molecular complexity index is 1060. The van der Waals surface area contributed by atoms with Gasteiger partial charge in [-0.1, -0.05) is 24.3 Å². The lowest BCUT2D eigenvalue weighted by Crippen LogP contribution is -2.16. The standard InChI is InChI=1S/C20H17N3O/c1-2-22-13-16(9-11-20(22)24)15-8-10-19-18(12-15)21-14-23(19)17-6-4-3-5-7-17/h3-14H,2H2,1H3. The number of aryl methyl sites for hydroxylation is 1.